The molecule has 3 aromatic carbocycles. The Labute approximate surface area is 240 Å². The standard InChI is InChI=1S/C26H17BrCl3N3O5/c1-13-18(28)3-2-4-21(13)33-25(36)17(24(35)32-26(33)37)10-14-9-15(27)5-8-22(14)38-12-23(34)31-16-6-7-19(29)20(30)11-16/h2-11H,12H2,1H3,(H,31,34)(H,32,35,37)/b17-10-. The van der Waals surface area contributed by atoms with E-state index < -0.39 is 23.8 Å². The first kappa shape index (κ1) is 27.7. The van der Waals surface area contributed by atoms with Crippen LogP contribution < -0.4 is 20.3 Å². The van der Waals surface area contributed by atoms with Crippen molar-refractivity contribution in [2.45, 2.75) is 6.92 Å². The normalized spacial score (nSPS) is 14.5. The third-order valence-electron chi connectivity index (χ3n) is 5.42. The molecule has 1 heterocycles. The molecule has 1 aliphatic heterocycles. The molecule has 3 aromatic rings. The van der Waals surface area contributed by atoms with Crippen LogP contribution in [0.2, 0.25) is 15.1 Å². The highest BCUT2D eigenvalue weighted by Crippen LogP contribution is 2.31. The fourth-order valence-corrected chi connectivity index (χ4v) is 4.39. The molecule has 0 aromatic heterocycles. The summed E-state index contributed by atoms with van der Waals surface area (Å²) in [6, 6.07) is 13.3. The van der Waals surface area contributed by atoms with Crippen LogP contribution in [-0.2, 0) is 14.4 Å². The summed E-state index contributed by atoms with van der Waals surface area (Å²) >= 11 is 21.4. The summed E-state index contributed by atoms with van der Waals surface area (Å²) < 4.78 is 6.31. The van der Waals surface area contributed by atoms with Crippen LogP contribution >= 0.6 is 50.7 Å². The number of carbonyl (C=O) groups excluding carboxylic acids is 4. The zero-order valence-corrected chi connectivity index (χ0v) is 23.3. The van der Waals surface area contributed by atoms with Crippen molar-refractivity contribution >= 4 is 91.9 Å². The van der Waals surface area contributed by atoms with Gasteiger partial charge in [-0.2, -0.15) is 0 Å². The van der Waals surface area contributed by atoms with E-state index in [0.717, 1.165) is 4.90 Å². The summed E-state index contributed by atoms with van der Waals surface area (Å²) in [4.78, 5) is 51.8. The number of hydrogen-bond acceptors (Lipinski definition) is 5. The minimum atomic E-state index is -0.896. The lowest BCUT2D eigenvalue weighted by atomic mass is 10.0. The van der Waals surface area contributed by atoms with Gasteiger partial charge < -0.3 is 10.1 Å². The molecule has 1 aliphatic rings. The average Bonchev–Trinajstić information content (AvgIpc) is 2.86. The Morgan fingerprint density at radius 3 is 2.53 bits per heavy atom. The highest BCUT2D eigenvalue weighted by molar-refractivity contribution is 9.10. The van der Waals surface area contributed by atoms with E-state index in [1.54, 1.807) is 55.5 Å². The van der Waals surface area contributed by atoms with Crippen molar-refractivity contribution in [1.29, 1.82) is 0 Å². The highest BCUT2D eigenvalue weighted by atomic mass is 79.9. The highest BCUT2D eigenvalue weighted by Gasteiger charge is 2.37. The van der Waals surface area contributed by atoms with Gasteiger partial charge in [-0.05, 0) is 67.1 Å². The summed E-state index contributed by atoms with van der Waals surface area (Å²) in [7, 11) is 0. The van der Waals surface area contributed by atoms with Crippen LogP contribution in [0, 0.1) is 6.92 Å². The molecular weight excluding hydrogens is 621 g/mol. The van der Waals surface area contributed by atoms with Gasteiger partial charge in [0.15, 0.2) is 6.61 Å². The van der Waals surface area contributed by atoms with Gasteiger partial charge in [-0.15, -0.1) is 0 Å². The minimum absolute atomic E-state index is 0.216. The lowest BCUT2D eigenvalue weighted by molar-refractivity contribution is -0.122. The fraction of sp³-hybridized carbons (Fsp3) is 0.0769. The maximum absolute atomic E-state index is 13.3. The minimum Gasteiger partial charge on any atom is -0.483 e. The molecule has 0 saturated carbocycles. The molecule has 0 aliphatic carbocycles. The van der Waals surface area contributed by atoms with Crippen LogP contribution in [0.5, 0.6) is 5.75 Å². The van der Waals surface area contributed by atoms with Gasteiger partial charge in [0.25, 0.3) is 17.7 Å². The van der Waals surface area contributed by atoms with E-state index >= 15 is 0 Å². The number of barbiturate groups is 1. The third-order valence-corrected chi connectivity index (χ3v) is 7.06. The van der Waals surface area contributed by atoms with Gasteiger partial charge in [-0.3, -0.25) is 19.7 Å². The summed E-state index contributed by atoms with van der Waals surface area (Å²) in [6.07, 6.45) is 1.29. The number of benzene rings is 3. The third kappa shape index (κ3) is 6.02. The number of ether oxygens (including phenoxy) is 1. The quantitative estimate of drug-likeness (QED) is 0.241. The first-order chi connectivity index (χ1) is 18.0. The summed E-state index contributed by atoms with van der Waals surface area (Å²) in [6.45, 7) is 1.27. The van der Waals surface area contributed by atoms with Gasteiger partial charge in [-0.25, -0.2) is 9.69 Å². The Bertz CT molecular complexity index is 1530. The average molecular weight is 638 g/mol. The maximum Gasteiger partial charge on any atom is 0.335 e. The molecule has 5 amide bonds. The molecule has 8 nitrogen and oxygen atoms in total. The predicted octanol–water partition coefficient (Wildman–Crippen LogP) is 6.40. The Balaban J connectivity index is 1.59. The summed E-state index contributed by atoms with van der Waals surface area (Å²) in [5, 5.41) is 5.80. The second kappa shape index (κ2) is 11.6. The number of rotatable bonds is 6. The van der Waals surface area contributed by atoms with Gasteiger partial charge in [0.05, 0.1) is 15.7 Å². The largest absolute Gasteiger partial charge is 0.483 e. The van der Waals surface area contributed by atoms with Crippen molar-refractivity contribution in [3.63, 3.8) is 0 Å². The lowest BCUT2D eigenvalue weighted by Gasteiger charge is -2.27. The van der Waals surface area contributed by atoms with Crippen molar-refractivity contribution in [2.24, 2.45) is 0 Å². The number of urea groups is 1. The van der Waals surface area contributed by atoms with E-state index in [-0.39, 0.29) is 28.6 Å². The maximum atomic E-state index is 13.3. The predicted molar refractivity (Wildman–Crippen MR) is 150 cm³/mol. The molecule has 12 heteroatoms. The van der Waals surface area contributed by atoms with E-state index in [1.165, 1.54) is 12.1 Å². The first-order valence-corrected chi connectivity index (χ1v) is 12.8. The zero-order valence-electron chi connectivity index (χ0n) is 19.5. The molecule has 2 N–H and O–H groups in total. The number of hydrogen-bond donors (Lipinski definition) is 2. The van der Waals surface area contributed by atoms with Crippen molar-refractivity contribution in [1.82, 2.24) is 5.32 Å². The summed E-state index contributed by atoms with van der Waals surface area (Å²) in [5.41, 5.74) is 1.16. The topological polar surface area (TPSA) is 105 Å². The van der Waals surface area contributed by atoms with Gasteiger partial charge in [0.2, 0.25) is 0 Å². The molecule has 0 unspecified atom stereocenters. The molecule has 0 spiro atoms. The SMILES string of the molecule is Cc1c(Cl)cccc1N1C(=O)NC(=O)/C(=C/c2cc(Br)ccc2OCC(=O)Nc2ccc(Cl)c(Cl)c2)C1=O. The number of imide groups is 2. The Hall–Kier alpha value is -3.37. The number of carbonyl (C=O) groups is 4. The summed E-state index contributed by atoms with van der Waals surface area (Å²) in [5.74, 6) is -1.98. The van der Waals surface area contributed by atoms with Gasteiger partial charge in [0.1, 0.15) is 11.3 Å². The fourth-order valence-electron chi connectivity index (χ4n) is 3.55. The van der Waals surface area contributed by atoms with Crippen molar-refractivity contribution < 1.29 is 23.9 Å². The molecule has 4 rings (SSSR count). The Morgan fingerprint density at radius 2 is 1.79 bits per heavy atom. The second-order valence-electron chi connectivity index (χ2n) is 7.99. The van der Waals surface area contributed by atoms with E-state index in [9.17, 15) is 19.2 Å². The number of nitrogens with one attached hydrogen (secondary N) is 2. The van der Waals surface area contributed by atoms with Crippen molar-refractivity contribution in [2.75, 3.05) is 16.8 Å². The molecule has 0 radical (unpaired) electrons. The molecule has 194 valence electrons. The van der Waals surface area contributed by atoms with Crippen LogP contribution in [0.15, 0.2) is 64.6 Å². The lowest BCUT2D eigenvalue weighted by Crippen LogP contribution is -2.54. The Kier molecular flexibility index (Phi) is 8.42. The first-order valence-electron chi connectivity index (χ1n) is 10.9. The van der Waals surface area contributed by atoms with E-state index in [4.69, 9.17) is 39.5 Å². The van der Waals surface area contributed by atoms with Crippen LogP contribution in [0.3, 0.4) is 0 Å². The van der Waals surface area contributed by atoms with Crippen LogP contribution in [0.25, 0.3) is 6.08 Å². The molecule has 38 heavy (non-hydrogen) atoms. The van der Waals surface area contributed by atoms with E-state index in [2.05, 4.69) is 26.6 Å². The van der Waals surface area contributed by atoms with Crippen LogP contribution in [-0.4, -0.2) is 30.4 Å². The smallest absolute Gasteiger partial charge is 0.335 e. The molecule has 0 atom stereocenters. The van der Waals surface area contributed by atoms with Crippen LogP contribution in [0.4, 0.5) is 16.2 Å². The second-order valence-corrected chi connectivity index (χ2v) is 10.1. The number of amides is 5. The zero-order chi connectivity index (χ0) is 27.6. The van der Waals surface area contributed by atoms with Gasteiger partial charge in [0, 0.05) is 20.7 Å². The van der Waals surface area contributed by atoms with E-state index in [0.29, 0.717) is 31.3 Å². The molecular formula is C26H17BrCl3N3O5. The molecule has 1 saturated heterocycles. The van der Waals surface area contributed by atoms with Crippen LogP contribution in [0.1, 0.15) is 11.1 Å². The monoisotopic (exact) mass is 635 g/mol. The number of halogens is 4. The molecule has 1 fully saturated rings. The number of nitrogens with zero attached hydrogens (tertiary/aromatic N) is 1. The van der Waals surface area contributed by atoms with Gasteiger partial charge >= 0.3 is 6.03 Å². The van der Waals surface area contributed by atoms with Gasteiger partial charge in [-0.1, -0.05) is 56.8 Å². The molecule has 0 bridgehead atoms. The van der Waals surface area contributed by atoms with E-state index in [1.807, 2.05) is 0 Å². The van der Waals surface area contributed by atoms with Crippen molar-refractivity contribution in [3.05, 3.63) is 90.8 Å². The van der Waals surface area contributed by atoms with Crippen molar-refractivity contribution in [3.8, 4) is 5.75 Å². The number of anilines is 2. The Morgan fingerprint density at radius 1 is 1.03 bits per heavy atom.